The van der Waals surface area contributed by atoms with Gasteiger partial charge in [0, 0.05) is 17.8 Å². The van der Waals surface area contributed by atoms with Crippen LogP contribution >= 0.6 is 12.2 Å². The first-order chi connectivity index (χ1) is 5.52. The number of nitrogens with zero attached hydrogens (tertiary/aromatic N) is 2. The third-order valence-corrected chi connectivity index (χ3v) is 2.03. The highest BCUT2D eigenvalue weighted by atomic mass is 32.1. The van der Waals surface area contributed by atoms with Gasteiger partial charge in [0.1, 0.15) is 5.82 Å². The first-order valence-corrected chi connectivity index (χ1v) is 4.28. The fraction of sp³-hybridized carbons (Fsp3) is 0.500. The SMILES string of the molecule is Cc1cn(C(C)C)c(=S)nc1N. The van der Waals surface area contributed by atoms with E-state index in [2.05, 4.69) is 18.8 Å². The van der Waals surface area contributed by atoms with Crippen LogP contribution in [-0.4, -0.2) is 9.55 Å². The third kappa shape index (κ3) is 1.64. The van der Waals surface area contributed by atoms with Gasteiger partial charge in [-0.25, -0.2) is 4.98 Å². The summed E-state index contributed by atoms with van der Waals surface area (Å²) in [6.45, 7) is 6.05. The van der Waals surface area contributed by atoms with Gasteiger partial charge < -0.3 is 10.3 Å². The second-order valence-corrected chi connectivity index (χ2v) is 3.46. The van der Waals surface area contributed by atoms with E-state index in [-0.39, 0.29) is 0 Å². The standard InChI is InChI=1S/C8H13N3S/c1-5(2)11-4-6(3)7(9)10-8(11)12/h4-5H,1-3H3,(H2,9,10,12). The van der Waals surface area contributed by atoms with Crippen LogP contribution in [0.5, 0.6) is 0 Å². The molecule has 0 saturated carbocycles. The summed E-state index contributed by atoms with van der Waals surface area (Å²) in [7, 11) is 0. The Morgan fingerprint density at radius 2 is 2.17 bits per heavy atom. The van der Waals surface area contributed by atoms with Crippen LogP contribution in [0.4, 0.5) is 5.82 Å². The van der Waals surface area contributed by atoms with Gasteiger partial charge in [-0.1, -0.05) is 0 Å². The maximum absolute atomic E-state index is 5.60. The first kappa shape index (κ1) is 9.19. The van der Waals surface area contributed by atoms with Gasteiger partial charge in [0.05, 0.1) is 0 Å². The number of aromatic nitrogens is 2. The molecule has 1 aromatic rings. The van der Waals surface area contributed by atoms with E-state index in [4.69, 9.17) is 18.0 Å². The second kappa shape index (κ2) is 3.23. The summed E-state index contributed by atoms with van der Waals surface area (Å²) in [6, 6.07) is 0.337. The van der Waals surface area contributed by atoms with Crippen molar-refractivity contribution < 1.29 is 0 Å². The van der Waals surface area contributed by atoms with Gasteiger partial charge in [-0.15, -0.1) is 0 Å². The summed E-state index contributed by atoms with van der Waals surface area (Å²) in [5, 5.41) is 0. The van der Waals surface area contributed by atoms with Crippen LogP contribution in [0, 0.1) is 11.7 Å². The highest BCUT2D eigenvalue weighted by molar-refractivity contribution is 7.71. The Morgan fingerprint density at radius 1 is 1.58 bits per heavy atom. The highest BCUT2D eigenvalue weighted by Crippen LogP contribution is 2.10. The monoisotopic (exact) mass is 183 g/mol. The zero-order chi connectivity index (χ0) is 9.30. The van der Waals surface area contributed by atoms with Crippen LogP contribution in [0.15, 0.2) is 6.20 Å². The first-order valence-electron chi connectivity index (χ1n) is 3.87. The Balaban J connectivity index is 3.33. The van der Waals surface area contributed by atoms with Gasteiger partial charge in [-0.2, -0.15) is 0 Å². The maximum atomic E-state index is 5.60. The minimum absolute atomic E-state index is 0.337. The molecule has 0 saturated heterocycles. The second-order valence-electron chi connectivity index (χ2n) is 3.09. The van der Waals surface area contributed by atoms with Crippen molar-refractivity contribution in [3.05, 3.63) is 16.5 Å². The molecule has 0 atom stereocenters. The molecule has 0 bridgehead atoms. The quantitative estimate of drug-likeness (QED) is 0.678. The lowest BCUT2D eigenvalue weighted by atomic mass is 10.3. The molecule has 1 rings (SSSR count). The summed E-state index contributed by atoms with van der Waals surface area (Å²) < 4.78 is 2.48. The van der Waals surface area contributed by atoms with E-state index in [9.17, 15) is 0 Å². The topological polar surface area (TPSA) is 43.8 Å². The fourth-order valence-electron chi connectivity index (χ4n) is 0.949. The molecule has 2 N–H and O–H groups in total. The van der Waals surface area contributed by atoms with E-state index >= 15 is 0 Å². The Morgan fingerprint density at radius 3 is 2.67 bits per heavy atom. The molecule has 0 fully saturated rings. The predicted molar refractivity (Wildman–Crippen MR) is 52.6 cm³/mol. The molecule has 0 radical (unpaired) electrons. The minimum atomic E-state index is 0.337. The molecule has 0 unspecified atom stereocenters. The number of aryl methyl sites for hydroxylation is 1. The number of hydrogen-bond acceptors (Lipinski definition) is 3. The summed E-state index contributed by atoms with van der Waals surface area (Å²) in [4.78, 5) is 4.05. The van der Waals surface area contributed by atoms with Crippen LogP contribution in [0.3, 0.4) is 0 Å². The summed E-state index contributed by atoms with van der Waals surface area (Å²) >= 11 is 5.05. The number of nitrogens with two attached hydrogens (primary N) is 1. The molecule has 4 heteroatoms. The lowest BCUT2D eigenvalue weighted by Crippen LogP contribution is -2.07. The summed E-state index contributed by atoms with van der Waals surface area (Å²) in [6.07, 6.45) is 1.94. The van der Waals surface area contributed by atoms with E-state index in [1.165, 1.54) is 0 Å². The molecule has 66 valence electrons. The van der Waals surface area contributed by atoms with E-state index in [1.807, 2.05) is 17.7 Å². The van der Waals surface area contributed by atoms with Crippen molar-refractivity contribution in [2.45, 2.75) is 26.8 Å². The Bertz CT molecular complexity index is 341. The third-order valence-electron chi connectivity index (χ3n) is 1.73. The van der Waals surface area contributed by atoms with Crippen LogP contribution in [0.2, 0.25) is 0 Å². The van der Waals surface area contributed by atoms with Crippen LogP contribution in [0.1, 0.15) is 25.5 Å². The maximum Gasteiger partial charge on any atom is 0.201 e. The van der Waals surface area contributed by atoms with E-state index < -0.39 is 0 Å². The highest BCUT2D eigenvalue weighted by Gasteiger charge is 2.01. The van der Waals surface area contributed by atoms with E-state index in [0.29, 0.717) is 16.6 Å². The average Bonchev–Trinajstić information content (AvgIpc) is 1.96. The zero-order valence-electron chi connectivity index (χ0n) is 7.53. The van der Waals surface area contributed by atoms with Crippen LogP contribution < -0.4 is 5.73 Å². The number of anilines is 1. The van der Waals surface area contributed by atoms with Crippen molar-refractivity contribution in [1.29, 1.82) is 0 Å². The van der Waals surface area contributed by atoms with Gasteiger partial charge in [0.25, 0.3) is 0 Å². The van der Waals surface area contributed by atoms with Crippen molar-refractivity contribution in [3.8, 4) is 0 Å². The minimum Gasteiger partial charge on any atom is -0.383 e. The molecular weight excluding hydrogens is 170 g/mol. The largest absolute Gasteiger partial charge is 0.383 e. The number of nitrogen functional groups attached to an aromatic ring is 1. The van der Waals surface area contributed by atoms with Crippen molar-refractivity contribution >= 4 is 18.0 Å². The van der Waals surface area contributed by atoms with Gasteiger partial charge >= 0.3 is 0 Å². The van der Waals surface area contributed by atoms with Crippen molar-refractivity contribution in [1.82, 2.24) is 9.55 Å². The molecule has 0 aromatic carbocycles. The van der Waals surface area contributed by atoms with E-state index in [1.54, 1.807) is 0 Å². The smallest absolute Gasteiger partial charge is 0.201 e. The molecule has 1 heterocycles. The van der Waals surface area contributed by atoms with Gasteiger partial charge in [0.2, 0.25) is 4.77 Å². The number of rotatable bonds is 1. The van der Waals surface area contributed by atoms with Crippen molar-refractivity contribution in [2.75, 3.05) is 5.73 Å². The zero-order valence-corrected chi connectivity index (χ0v) is 8.35. The Hall–Kier alpha value is -0.900. The Kier molecular flexibility index (Phi) is 2.47. The molecule has 3 nitrogen and oxygen atoms in total. The molecular formula is C8H13N3S. The lowest BCUT2D eigenvalue weighted by Gasteiger charge is -2.11. The normalized spacial score (nSPS) is 10.7. The molecule has 12 heavy (non-hydrogen) atoms. The van der Waals surface area contributed by atoms with Crippen LogP contribution in [-0.2, 0) is 0 Å². The fourth-order valence-corrected chi connectivity index (χ4v) is 1.31. The van der Waals surface area contributed by atoms with Crippen LogP contribution in [0.25, 0.3) is 0 Å². The van der Waals surface area contributed by atoms with Crippen molar-refractivity contribution in [2.24, 2.45) is 0 Å². The number of hydrogen-bond donors (Lipinski definition) is 1. The molecule has 1 aromatic heterocycles. The Labute approximate surface area is 77.2 Å². The predicted octanol–water partition coefficient (Wildman–Crippen LogP) is 2.08. The van der Waals surface area contributed by atoms with Gasteiger partial charge in [-0.05, 0) is 33.0 Å². The molecule has 0 spiro atoms. The summed E-state index contributed by atoms with van der Waals surface area (Å²) in [5.74, 6) is 0.525. The summed E-state index contributed by atoms with van der Waals surface area (Å²) in [5.41, 5.74) is 6.57. The molecule has 0 amide bonds. The van der Waals surface area contributed by atoms with E-state index in [0.717, 1.165) is 5.56 Å². The lowest BCUT2D eigenvalue weighted by molar-refractivity contribution is 0.575. The van der Waals surface area contributed by atoms with Crippen molar-refractivity contribution in [3.63, 3.8) is 0 Å². The average molecular weight is 183 g/mol. The molecule has 0 aliphatic rings. The molecule has 0 aliphatic carbocycles. The van der Waals surface area contributed by atoms with Gasteiger partial charge in [-0.3, -0.25) is 0 Å². The molecule has 0 aliphatic heterocycles. The van der Waals surface area contributed by atoms with Gasteiger partial charge in [0.15, 0.2) is 0 Å².